The molecule has 0 aromatic heterocycles. The molecule has 21 heavy (non-hydrogen) atoms. The molecule has 1 atom stereocenters. The van der Waals surface area contributed by atoms with Crippen LogP contribution >= 0.6 is 0 Å². The smallest absolute Gasteiger partial charge is 0.335 e. The number of amides is 1. The zero-order valence-corrected chi connectivity index (χ0v) is 12.7. The molecule has 1 unspecified atom stereocenters. The number of carbonyl (C=O) groups is 2. The summed E-state index contributed by atoms with van der Waals surface area (Å²) in [7, 11) is 0. The molecule has 1 amide bonds. The lowest BCUT2D eigenvalue weighted by atomic mass is 10.0. The number of benzene rings is 1. The van der Waals surface area contributed by atoms with Gasteiger partial charge in [0.25, 0.3) is 0 Å². The average Bonchev–Trinajstić information content (AvgIpc) is 2.94. The second-order valence-electron chi connectivity index (χ2n) is 6.00. The van der Waals surface area contributed by atoms with E-state index in [0.717, 1.165) is 24.9 Å². The largest absolute Gasteiger partial charge is 0.478 e. The number of carbonyl (C=O) groups excluding carboxylic acids is 1. The number of hydrogen-bond acceptors (Lipinski definition) is 2. The van der Waals surface area contributed by atoms with E-state index in [4.69, 9.17) is 5.11 Å². The van der Waals surface area contributed by atoms with Crippen LogP contribution in [0.2, 0.25) is 0 Å². The van der Waals surface area contributed by atoms with Gasteiger partial charge in [-0.2, -0.15) is 0 Å². The van der Waals surface area contributed by atoms with Gasteiger partial charge in [-0.1, -0.05) is 32.0 Å². The lowest BCUT2D eigenvalue weighted by Gasteiger charge is -2.27. The molecule has 0 aliphatic carbocycles. The molecular weight excluding hydrogens is 266 g/mol. The van der Waals surface area contributed by atoms with E-state index in [0.29, 0.717) is 30.4 Å². The molecule has 4 nitrogen and oxygen atoms in total. The highest BCUT2D eigenvalue weighted by Crippen LogP contribution is 2.25. The minimum absolute atomic E-state index is 0.145. The molecular formula is C17H23NO3. The molecule has 4 heteroatoms. The summed E-state index contributed by atoms with van der Waals surface area (Å²) in [6, 6.07) is 7.26. The minimum atomic E-state index is -0.931. The maximum atomic E-state index is 12.4. The van der Waals surface area contributed by atoms with E-state index in [9.17, 15) is 9.59 Å². The molecule has 1 saturated heterocycles. The Hall–Kier alpha value is -1.84. The van der Waals surface area contributed by atoms with Gasteiger partial charge in [-0.25, -0.2) is 4.79 Å². The first-order valence-corrected chi connectivity index (χ1v) is 7.61. The van der Waals surface area contributed by atoms with Crippen LogP contribution in [0.25, 0.3) is 0 Å². The van der Waals surface area contributed by atoms with E-state index in [-0.39, 0.29) is 5.91 Å². The van der Waals surface area contributed by atoms with Crippen LogP contribution in [0.3, 0.4) is 0 Å². The van der Waals surface area contributed by atoms with Crippen molar-refractivity contribution in [3.63, 3.8) is 0 Å². The molecule has 1 aliphatic heterocycles. The van der Waals surface area contributed by atoms with Crippen molar-refractivity contribution in [2.24, 2.45) is 5.92 Å². The molecule has 2 rings (SSSR count). The van der Waals surface area contributed by atoms with E-state index < -0.39 is 5.97 Å². The fraction of sp³-hybridized carbons (Fsp3) is 0.529. The minimum Gasteiger partial charge on any atom is -0.478 e. The molecule has 114 valence electrons. The van der Waals surface area contributed by atoms with Crippen molar-refractivity contribution in [2.45, 2.75) is 45.6 Å². The van der Waals surface area contributed by atoms with Crippen LogP contribution in [0.4, 0.5) is 0 Å². The van der Waals surface area contributed by atoms with Crippen molar-refractivity contribution in [3.05, 3.63) is 35.4 Å². The summed E-state index contributed by atoms with van der Waals surface area (Å²) in [5.74, 6) is -0.312. The summed E-state index contributed by atoms with van der Waals surface area (Å²) in [5, 5.41) is 9.16. The molecule has 1 heterocycles. The number of aromatic carboxylic acids is 1. The SMILES string of the molecule is CC(C)C1CCCN1C(=O)CCc1ccccc1C(=O)O. The van der Waals surface area contributed by atoms with Crippen LogP contribution in [0, 0.1) is 5.92 Å². The summed E-state index contributed by atoms with van der Waals surface area (Å²) in [4.78, 5) is 25.5. The maximum Gasteiger partial charge on any atom is 0.335 e. The molecule has 1 aliphatic rings. The van der Waals surface area contributed by atoms with Crippen molar-refractivity contribution in [1.29, 1.82) is 0 Å². The molecule has 0 bridgehead atoms. The summed E-state index contributed by atoms with van der Waals surface area (Å²) in [6.07, 6.45) is 3.02. The number of likely N-dealkylation sites (tertiary alicyclic amines) is 1. The van der Waals surface area contributed by atoms with Crippen LogP contribution in [0.15, 0.2) is 24.3 Å². The van der Waals surface area contributed by atoms with Crippen LogP contribution in [0.1, 0.15) is 49.0 Å². The first-order valence-electron chi connectivity index (χ1n) is 7.61. The number of rotatable bonds is 5. The molecule has 1 aromatic rings. The summed E-state index contributed by atoms with van der Waals surface area (Å²) < 4.78 is 0. The first kappa shape index (κ1) is 15.5. The molecule has 1 fully saturated rings. The third kappa shape index (κ3) is 3.63. The Morgan fingerprint density at radius 3 is 2.71 bits per heavy atom. The van der Waals surface area contributed by atoms with Gasteiger partial charge in [0.2, 0.25) is 5.91 Å². The van der Waals surface area contributed by atoms with Gasteiger partial charge in [0.15, 0.2) is 0 Å². The lowest BCUT2D eigenvalue weighted by molar-refractivity contribution is -0.132. The average molecular weight is 289 g/mol. The van der Waals surface area contributed by atoms with Crippen molar-refractivity contribution in [3.8, 4) is 0 Å². The number of aryl methyl sites for hydroxylation is 1. The molecule has 0 spiro atoms. The zero-order chi connectivity index (χ0) is 15.4. The van der Waals surface area contributed by atoms with E-state index in [1.165, 1.54) is 0 Å². The van der Waals surface area contributed by atoms with Gasteiger partial charge in [0.1, 0.15) is 0 Å². The Morgan fingerprint density at radius 2 is 2.05 bits per heavy atom. The normalized spacial score (nSPS) is 18.2. The van der Waals surface area contributed by atoms with Crippen LogP contribution < -0.4 is 0 Å². The predicted octanol–water partition coefficient (Wildman–Crippen LogP) is 2.96. The van der Waals surface area contributed by atoms with Gasteiger partial charge in [0, 0.05) is 19.0 Å². The van der Waals surface area contributed by atoms with Crippen molar-refractivity contribution in [1.82, 2.24) is 4.90 Å². The van der Waals surface area contributed by atoms with Gasteiger partial charge in [0.05, 0.1) is 5.56 Å². The van der Waals surface area contributed by atoms with E-state index in [1.54, 1.807) is 18.2 Å². The van der Waals surface area contributed by atoms with Gasteiger partial charge in [-0.05, 0) is 36.8 Å². The second kappa shape index (κ2) is 6.74. The Bertz CT molecular complexity index is 525. The number of carboxylic acids is 1. The molecule has 1 N–H and O–H groups in total. The van der Waals surface area contributed by atoms with Crippen molar-refractivity contribution >= 4 is 11.9 Å². The quantitative estimate of drug-likeness (QED) is 0.906. The predicted molar refractivity (Wildman–Crippen MR) is 81.3 cm³/mol. The lowest BCUT2D eigenvalue weighted by Crippen LogP contribution is -2.38. The standard InChI is InChI=1S/C17H23NO3/c1-12(2)15-8-5-11-18(15)16(19)10-9-13-6-3-4-7-14(13)17(20)21/h3-4,6-7,12,15H,5,8-11H2,1-2H3,(H,20,21). The monoisotopic (exact) mass is 289 g/mol. The third-order valence-electron chi connectivity index (χ3n) is 4.25. The van der Waals surface area contributed by atoms with E-state index in [1.807, 2.05) is 11.0 Å². The Kier molecular flexibility index (Phi) is 4.99. The highest BCUT2D eigenvalue weighted by molar-refractivity contribution is 5.89. The summed E-state index contributed by atoms with van der Waals surface area (Å²) >= 11 is 0. The highest BCUT2D eigenvalue weighted by Gasteiger charge is 2.30. The van der Waals surface area contributed by atoms with E-state index in [2.05, 4.69) is 13.8 Å². The zero-order valence-electron chi connectivity index (χ0n) is 12.7. The van der Waals surface area contributed by atoms with Gasteiger partial charge < -0.3 is 10.0 Å². The molecule has 0 saturated carbocycles. The Balaban J connectivity index is 2.00. The Morgan fingerprint density at radius 1 is 1.33 bits per heavy atom. The molecule has 0 radical (unpaired) electrons. The second-order valence-corrected chi connectivity index (χ2v) is 6.00. The van der Waals surface area contributed by atoms with E-state index >= 15 is 0 Å². The first-order chi connectivity index (χ1) is 10.0. The third-order valence-corrected chi connectivity index (χ3v) is 4.25. The highest BCUT2D eigenvalue weighted by atomic mass is 16.4. The van der Waals surface area contributed by atoms with Crippen molar-refractivity contribution < 1.29 is 14.7 Å². The summed E-state index contributed by atoms with van der Waals surface area (Å²) in [6.45, 7) is 5.13. The molecule has 1 aromatic carbocycles. The van der Waals surface area contributed by atoms with Crippen LogP contribution in [-0.2, 0) is 11.2 Å². The topological polar surface area (TPSA) is 57.6 Å². The Labute approximate surface area is 125 Å². The number of nitrogens with zero attached hydrogens (tertiary/aromatic N) is 1. The van der Waals surface area contributed by atoms with Gasteiger partial charge >= 0.3 is 5.97 Å². The van der Waals surface area contributed by atoms with Gasteiger partial charge in [-0.3, -0.25) is 4.79 Å². The van der Waals surface area contributed by atoms with Crippen molar-refractivity contribution in [2.75, 3.05) is 6.54 Å². The van der Waals surface area contributed by atoms with Crippen LogP contribution in [-0.4, -0.2) is 34.5 Å². The summed E-state index contributed by atoms with van der Waals surface area (Å²) in [5.41, 5.74) is 1.03. The van der Waals surface area contributed by atoms with Gasteiger partial charge in [-0.15, -0.1) is 0 Å². The maximum absolute atomic E-state index is 12.4. The van der Waals surface area contributed by atoms with Crippen LogP contribution in [0.5, 0.6) is 0 Å². The number of carboxylic acid groups (broad SMARTS) is 1. The fourth-order valence-corrected chi connectivity index (χ4v) is 3.13. The number of hydrogen-bond donors (Lipinski definition) is 1. The fourth-order valence-electron chi connectivity index (χ4n) is 3.13.